The molecule has 2 aromatic carbocycles. The fraction of sp³-hybridized carbons (Fsp3) is 0.440. The van der Waals surface area contributed by atoms with Crippen LogP contribution in [0.4, 0.5) is 10.1 Å². The van der Waals surface area contributed by atoms with Crippen LogP contribution in [-0.2, 0) is 4.79 Å². The molecule has 1 amide bonds. The molecule has 0 bridgehead atoms. The molecule has 0 radical (unpaired) electrons. The second kappa shape index (κ2) is 10.4. The van der Waals surface area contributed by atoms with Crippen LogP contribution in [0.3, 0.4) is 0 Å². The van der Waals surface area contributed by atoms with Crippen LogP contribution in [0.1, 0.15) is 25.7 Å². The summed E-state index contributed by atoms with van der Waals surface area (Å²) in [5.74, 6) is 0.640. The maximum absolute atomic E-state index is 13.7. The number of para-hydroxylation sites is 1. The minimum Gasteiger partial charge on any atom is -0.497 e. The number of nitrogens with one attached hydrogen (secondary N) is 1. The summed E-state index contributed by atoms with van der Waals surface area (Å²) >= 11 is 5.63. The maximum Gasteiger partial charge on any atom is 0.226 e. The number of ether oxygens (including phenoxy) is 2. The fourth-order valence-corrected chi connectivity index (χ4v) is 4.91. The Morgan fingerprint density at radius 1 is 1.09 bits per heavy atom. The van der Waals surface area contributed by atoms with Gasteiger partial charge in [0.25, 0.3) is 0 Å². The molecule has 33 heavy (non-hydrogen) atoms. The third-order valence-corrected chi connectivity index (χ3v) is 6.99. The van der Waals surface area contributed by atoms with Gasteiger partial charge in [0, 0.05) is 37.9 Å². The Balaban J connectivity index is 1.22. The Morgan fingerprint density at radius 2 is 1.82 bits per heavy atom. The van der Waals surface area contributed by atoms with Crippen LogP contribution >= 0.6 is 12.2 Å². The van der Waals surface area contributed by atoms with E-state index in [0.29, 0.717) is 5.11 Å². The number of likely N-dealkylation sites (tertiary alicyclic amines) is 2. The van der Waals surface area contributed by atoms with E-state index in [2.05, 4.69) is 10.2 Å². The first-order valence-electron chi connectivity index (χ1n) is 11.3. The average Bonchev–Trinajstić information content (AvgIpc) is 3.24. The van der Waals surface area contributed by atoms with E-state index < -0.39 is 5.82 Å². The highest BCUT2D eigenvalue weighted by Gasteiger charge is 2.42. The second-order valence-electron chi connectivity index (χ2n) is 8.74. The van der Waals surface area contributed by atoms with Crippen LogP contribution in [-0.4, -0.2) is 60.7 Å². The molecule has 4 rings (SSSR count). The first-order valence-corrected chi connectivity index (χ1v) is 11.7. The third kappa shape index (κ3) is 5.74. The molecular weight excluding hydrogens is 441 g/mol. The van der Waals surface area contributed by atoms with E-state index in [1.165, 1.54) is 6.07 Å². The minimum atomic E-state index is -0.407. The van der Waals surface area contributed by atoms with Crippen LogP contribution in [0.25, 0.3) is 0 Å². The molecule has 2 heterocycles. The lowest BCUT2D eigenvalue weighted by Crippen LogP contribution is -2.46. The summed E-state index contributed by atoms with van der Waals surface area (Å²) in [5.41, 5.74) is 1.07. The number of carbonyl (C=O) groups is 1. The number of halogens is 1. The van der Waals surface area contributed by atoms with Crippen LogP contribution in [0.2, 0.25) is 0 Å². The molecule has 1 spiro atoms. The number of amides is 1. The second-order valence-corrected chi connectivity index (χ2v) is 9.13. The molecule has 1 N–H and O–H groups in total. The van der Waals surface area contributed by atoms with E-state index in [1.54, 1.807) is 25.3 Å². The molecule has 6 nitrogen and oxygen atoms in total. The van der Waals surface area contributed by atoms with Crippen molar-refractivity contribution >= 4 is 28.9 Å². The van der Waals surface area contributed by atoms with Gasteiger partial charge in [-0.3, -0.25) is 4.79 Å². The van der Waals surface area contributed by atoms with Crippen molar-refractivity contribution in [3.05, 3.63) is 54.3 Å². The molecule has 2 fully saturated rings. The Kier molecular flexibility index (Phi) is 7.33. The largest absolute Gasteiger partial charge is 0.497 e. The van der Waals surface area contributed by atoms with Crippen LogP contribution < -0.4 is 14.8 Å². The topological polar surface area (TPSA) is 54.0 Å². The van der Waals surface area contributed by atoms with Gasteiger partial charge in [0.2, 0.25) is 5.91 Å². The van der Waals surface area contributed by atoms with Crippen molar-refractivity contribution in [1.29, 1.82) is 0 Å². The standard InChI is InChI=1S/C25H30FN3O3S/c1-31-20-6-4-5-19(17-20)27-24(33)28-13-10-25(11-14-28)12-15-29(18-25)23(30)9-16-32-22-8-3-2-7-21(22)26/h2-8,17H,9-16,18H2,1H3,(H,27,33). The summed E-state index contributed by atoms with van der Waals surface area (Å²) in [6.07, 6.45) is 3.27. The SMILES string of the molecule is COc1cccc(NC(=S)N2CCC3(CCN(C(=O)CCOc4ccccc4F)C3)CC2)c1. The Labute approximate surface area is 199 Å². The van der Waals surface area contributed by atoms with Crippen molar-refractivity contribution in [3.63, 3.8) is 0 Å². The lowest BCUT2D eigenvalue weighted by atomic mass is 9.78. The molecule has 0 aromatic heterocycles. The highest BCUT2D eigenvalue weighted by atomic mass is 32.1. The van der Waals surface area contributed by atoms with Crippen molar-refractivity contribution < 1.29 is 18.7 Å². The van der Waals surface area contributed by atoms with Crippen LogP contribution in [0.15, 0.2) is 48.5 Å². The van der Waals surface area contributed by atoms with E-state index in [0.717, 1.165) is 56.9 Å². The Hall–Kier alpha value is -2.87. The number of piperidine rings is 1. The zero-order chi connectivity index (χ0) is 23.3. The smallest absolute Gasteiger partial charge is 0.226 e. The molecule has 8 heteroatoms. The number of benzene rings is 2. The monoisotopic (exact) mass is 471 g/mol. The quantitative estimate of drug-likeness (QED) is 0.634. The molecule has 2 aliphatic rings. The lowest BCUT2D eigenvalue weighted by molar-refractivity contribution is -0.131. The van der Waals surface area contributed by atoms with Crippen molar-refractivity contribution in [2.24, 2.45) is 5.41 Å². The minimum absolute atomic E-state index is 0.0702. The van der Waals surface area contributed by atoms with Gasteiger partial charge in [-0.15, -0.1) is 0 Å². The number of hydrogen-bond acceptors (Lipinski definition) is 4. The van der Waals surface area contributed by atoms with Gasteiger partial charge < -0.3 is 24.6 Å². The zero-order valence-electron chi connectivity index (χ0n) is 18.9. The molecule has 2 saturated heterocycles. The molecule has 0 unspecified atom stereocenters. The highest BCUT2D eigenvalue weighted by molar-refractivity contribution is 7.80. The van der Waals surface area contributed by atoms with Gasteiger partial charge in [-0.25, -0.2) is 4.39 Å². The Bertz CT molecular complexity index is 994. The normalized spacial score (nSPS) is 17.2. The molecule has 0 saturated carbocycles. The van der Waals surface area contributed by atoms with Gasteiger partial charge in [0.15, 0.2) is 16.7 Å². The number of anilines is 1. The maximum atomic E-state index is 13.7. The zero-order valence-corrected chi connectivity index (χ0v) is 19.7. The summed E-state index contributed by atoms with van der Waals surface area (Å²) in [4.78, 5) is 16.8. The summed E-state index contributed by atoms with van der Waals surface area (Å²) in [5, 5.41) is 4.02. The number of hydrogen-bond donors (Lipinski definition) is 1. The van der Waals surface area contributed by atoms with E-state index in [-0.39, 0.29) is 30.1 Å². The van der Waals surface area contributed by atoms with Crippen molar-refractivity contribution in [2.75, 3.05) is 45.2 Å². The summed E-state index contributed by atoms with van der Waals surface area (Å²) in [7, 11) is 1.65. The van der Waals surface area contributed by atoms with Crippen molar-refractivity contribution in [3.8, 4) is 11.5 Å². The average molecular weight is 472 g/mol. The lowest BCUT2D eigenvalue weighted by Gasteiger charge is -2.40. The van der Waals surface area contributed by atoms with Crippen molar-refractivity contribution in [1.82, 2.24) is 9.80 Å². The predicted molar refractivity (Wildman–Crippen MR) is 130 cm³/mol. The van der Waals surface area contributed by atoms with Gasteiger partial charge in [-0.1, -0.05) is 18.2 Å². The predicted octanol–water partition coefficient (Wildman–Crippen LogP) is 4.31. The van der Waals surface area contributed by atoms with Gasteiger partial charge in [-0.2, -0.15) is 0 Å². The first kappa shape index (κ1) is 23.3. The van der Waals surface area contributed by atoms with Gasteiger partial charge in [0.05, 0.1) is 20.1 Å². The summed E-state index contributed by atoms with van der Waals surface area (Å²) < 4.78 is 24.4. The fourth-order valence-electron chi connectivity index (χ4n) is 4.61. The molecule has 0 atom stereocenters. The molecule has 2 aliphatic heterocycles. The van der Waals surface area contributed by atoms with E-state index in [9.17, 15) is 9.18 Å². The van der Waals surface area contributed by atoms with Gasteiger partial charge in [0.1, 0.15) is 5.75 Å². The van der Waals surface area contributed by atoms with Crippen LogP contribution in [0, 0.1) is 11.2 Å². The number of thiocarbonyl (C=S) groups is 1. The first-order chi connectivity index (χ1) is 16.0. The molecule has 0 aliphatic carbocycles. The van der Waals surface area contributed by atoms with E-state index in [1.807, 2.05) is 29.2 Å². The Morgan fingerprint density at radius 3 is 2.55 bits per heavy atom. The van der Waals surface area contributed by atoms with Crippen molar-refractivity contribution in [2.45, 2.75) is 25.7 Å². The molecule has 176 valence electrons. The third-order valence-electron chi connectivity index (χ3n) is 6.63. The van der Waals surface area contributed by atoms with E-state index >= 15 is 0 Å². The number of methoxy groups -OCH3 is 1. The van der Waals surface area contributed by atoms with E-state index in [4.69, 9.17) is 21.7 Å². The number of nitrogens with zero attached hydrogens (tertiary/aromatic N) is 2. The highest BCUT2D eigenvalue weighted by Crippen LogP contribution is 2.40. The van der Waals surface area contributed by atoms with Gasteiger partial charge >= 0.3 is 0 Å². The summed E-state index contributed by atoms with van der Waals surface area (Å²) in [6.45, 7) is 3.46. The molecular formula is C25H30FN3O3S. The number of rotatable bonds is 6. The van der Waals surface area contributed by atoms with Gasteiger partial charge in [-0.05, 0) is 61.2 Å². The number of carbonyl (C=O) groups excluding carboxylic acids is 1. The summed E-state index contributed by atoms with van der Waals surface area (Å²) in [6, 6.07) is 14.0. The van der Waals surface area contributed by atoms with Crippen LogP contribution in [0.5, 0.6) is 11.5 Å². The molecule has 2 aromatic rings.